The Balaban J connectivity index is 1.38. The van der Waals surface area contributed by atoms with Gasteiger partial charge in [-0.05, 0) is 35.9 Å². The van der Waals surface area contributed by atoms with E-state index in [1.54, 1.807) is 23.5 Å². The predicted octanol–water partition coefficient (Wildman–Crippen LogP) is 4.12. The van der Waals surface area contributed by atoms with E-state index in [1.165, 1.54) is 6.07 Å². The number of anilines is 2. The molecule has 28 heavy (non-hydrogen) atoms. The second-order valence-electron chi connectivity index (χ2n) is 6.53. The number of benzene rings is 2. The number of hydrogen-bond acceptors (Lipinski definition) is 6. The summed E-state index contributed by atoms with van der Waals surface area (Å²) in [4.78, 5) is 4.18. The van der Waals surface area contributed by atoms with Gasteiger partial charge in [-0.1, -0.05) is 35.1 Å². The van der Waals surface area contributed by atoms with Crippen molar-refractivity contribution in [2.75, 3.05) is 36.0 Å². The highest BCUT2D eigenvalue weighted by molar-refractivity contribution is 7.15. The number of hydrogen-bond donors (Lipinski definition) is 0. The van der Waals surface area contributed by atoms with Crippen molar-refractivity contribution >= 4 is 33.8 Å². The van der Waals surface area contributed by atoms with Crippen molar-refractivity contribution in [2.45, 2.75) is 6.42 Å². The summed E-state index contributed by atoms with van der Waals surface area (Å²) < 4.78 is 14.2. The molecule has 5 nitrogen and oxygen atoms in total. The maximum absolute atomic E-state index is 14.2. The summed E-state index contributed by atoms with van der Waals surface area (Å²) in [5.74, 6) is -0.353. The van der Waals surface area contributed by atoms with Crippen LogP contribution in [0.25, 0.3) is 0 Å². The van der Waals surface area contributed by atoms with Gasteiger partial charge in [0.05, 0.1) is 17.3 Å². The van der Waals surface area contributed by atoms with Crippen LogP contribution in [-0.4, -0.2) is 36.4 Å². The molecular formula is C20H17ClFN5S. The molecule has 0 N–H and O–H groups in total. The molecular weight excluding hydrogens is 397 g/mol. The quantitative estimate of drug-likeness (QED) is 0.644. The van der Waals surface area contributed by atoms with E-state index < -0.39 is 0 Å². The number of aromatic nitrogens is 2. The summed E-state index contributed by atoms with van der Waals surface area (Å²) in [7, 11) is 0. The van der Waals surface area contributed by atoms with Gasteiger partial charge < -0.3 is 9.80 Å². The lowest BCUT2D eigenvalue weighted by Gasteiger charge is -2.35. The zero-order valence-corrected chi connectivity index (χ0v) is 16.5. The first-order chi connectivity index (χ1) is 13.6. The average molecular weight is 414 g/mol. The zero-order valence-electron chi connectivity index (χ0n) is 15.0. The Morgan fingerprint density at radius 1 is 1.04 bits per heavy atom. The number of rotatable bonds is 4. The second kappa shape index (κ2) is 8.13. The fraction of sp³-hybridized carbons (Fsp3) is 0.250. The Bertz CT molecular complexity index is 1010. The normalized spacial score (nSPS) is 14.2. The Kier molecular flexibility index (Phi) is 5.42. The van der Waals surface area contributed by atoms with Crippen LogP contribution in [-0.2, 0) is 6.42 Å². The van der Waals surface area contributed by atoms with Crippen molar-refractivity contribution in [3.05, 3.63) is 69.4 Å². The largest absolute Gasteiger partial charge is 0.366 e. The highest BCUT2D eigenvalue weighted by Gasteiger charge is 2.22. The molecule has 3 aromatic rings. The van der Waals surface area contributed by atoms with E-state index in [1.807, 2.05) is 35.2 Å². The van der Waals surface area contributed by atoms with Gasteiger partial charge in [0, 0.05) is 37.6 Å². The molecule has 1 aromatic heterocycles. The summed E-state index contributed by atoms with van der Waals surface area (Å²) >= 11 is 7.51. The van der Waals surface area contributed by atoms with Gasteiger partial charge in [0.1, 0.15) is 10.8 Å². The Labute approximate surface area is 171 Å². The van der Waals surface area contributed by atoms with Crippen LogP contribution in [0.1, 0.15) is 16.1 Å². The number of piperazine rings is 1. The fourth-order valence-electron chi connectivity index (χ4n) is 3.19. The van der Waals surface area contributed by atoms with Gasteiger partial charge in [0.15, 0.2) is 0 Å². The topological polar surface area (TPSA) is 56.1 Å². The Hall–Kier alpha value is -2.69. The van der Waals surface area contributed by atoms with Gasteiger partial charge in [-0.2, -0.15) is 5.26 Å². The Morgan fingerprint density at radius 3 is 2.43 bits per heavy atom. The van der Waals surface area contributed by atoms with Gasteiger partial charge in [-0.25, -0.2) is 4.39 Å². The molecule has 0 spiro atoms. The van der Waals surface area contributed by atoms with E-state index in [0.29, 0.717) is 24.3 Å². The van der Waals surface area contributed by atoms with Crippen LogP contribution < -0.4 is 9.80 Å². The summed E-state index contributed by atoms with van der Waals surface area (Å²) in [6.07, 6.45) is 0.727. The first-order valence-corrected chi connectivity index (χ1v) is 10.1. The van der Waals surface area contributed by atoms with Gasteiger partial charge in [0.2, 0.25) is 5.13 Å². The lowest BCUT2D eigenvalue weighted by atomic mass is 10.2. The summed E-state index contributed by atoms with van der Waals surface area (Å²) in [6, 6.07) is 14.3. The first-order valence-electron chi connectivity index (χ1n) is 8.89. The van der Waals surface area contributed by atoms with E-state index in [4.69, 9.17) is 16.9 Å². The number of halogens is 2. The molecule has 0 radical (unpaired) electrons. The molecule has 1 aliphatic heterocycles. The monoisotopic (exact) mass is 413 g/mol. The van der Waals surface area contributed by atoms with E-state index >= 15 is 0 Å². The van der Waals surface area contributed by atoms with Crippen LogP contribution >= 0.6 is 22.9 Å². The van der Waals surface area contributed by atoms with Crippen LogP contribution in [0.2, 0.25) is 5.02 Å². The molecule has 0 atom stereocenters. The molecule has 8 heteroatoms. The van der Waals surface area contributed by atoms with Crippen molar-refractivity contribution < 1.29 is 4.39 Å². The van der Waals surface area contributed by atoms with Gasteiger partial charge in [-0.3, -0.25) is 0 Å². The van der Waals surface area contributed by atoms with Crippen LogP contribution in [0.15, 0.2) is 42.5 Å². The minimum Gasteiger partial charge on any atom is -0.366 e. The molecule has 4 rings (SSSR count). The lowest BCUT2D eigenvalue weighted by Crippen LogP contribution is -2.46. The van der Waals surface area contributed by atoms with E-state index in [9.17, 15) is 4.39 Å². The maximum Gasteiger partial charge on any atom is 0.208 e. The predicted molar refractivity (Wildman–Crippen MR) is 110 cm³/mol. The van der Waals surface area contributed by atoms with Crippen LogP contribution in [0.4, 0.5) is 15.2 Å². The van der Waals surface area contributed by atoms with Crippen molar-refractivity contribution in [2.24, 2.45) is 0 Å². The smallest absolute Gasteiger partial charge is 0.208 e. The molecule has 1 fully saturated rings. The fourth-order valence-corrected chi connectivity index (χ4v) is 4.24. The van der Waals surface area contributed by atoms with Crippen LogP contribution in [0.3, 0.4) is 0 Å². The van der Waals surface area contributed by atoms with Gasteiger partial charge in [0.25, 0.3) is 0 Å². The second-order valence-corrected chi connectivity index (χ2v) is 8.01. The molecule has 2 aromatic carbocycles. The molecule has 0 bridgehead atoms. The van der Waals surface area contributed by atoms with Crippen molar-refractivity contribution in [3.8, 4) is 6.07 Å². The zero-order chi connectivity index (χ0) is 19.5. The molecule has 142 valence electrons. The standard InChI is InChI=1S/C20H17ClFN5S/c21-16-4-1-14(2-5-16)12-19-24-25-20(28-19)27-9-7-26(8-10-27)18-6-3-15(13-23)11-17(18)22/h1-6,11H,7-10,12H2. The molecule has 0 aliphatic carbocycles. The van der Waals surface area contributed by atoms with E-state index in [0.717, 1.165) is 40.2 Å². The molecule has 2 heterocycles. The van der Waals surface area contributed by atoms with Crippen molar-refractivity contribution in [3.63, 3.8) is 0 Å². The highest BCUT2D eigenvalue weighted by atomic mass is 35.5. The minimum absolute atomic E-state index is 0.335. The number of nitrogens with zero attached hydrogens (tertiary/aromatic N) is 5. The molecule has 1 saturated heterocycles. The maximum atomic E-state index is 14.2. The summed E-state index contributed by atoms with van der Waals surface area (Å²) in [6.45, 7) is 2.87. The van der Waals surface area contributed by atoms with Gasteiger partial charge >= 0.3 is 0 Å². The third-order valence-corrected chi connectivity index (χ3v) is 5.93. The molecule has 1 aliphatic rings. The van der Waals surface area contributed by atoms with Crippen molar-refractivity contribution in [1.82, 2.24) is 10.2 Å². The molecule has 0 amide bonds. The lowest BCUT2D eigenvalue weighted by molar-refractivity contribution is 0.596. The van der Waals surface area contributed by atoms with Crippen LogP contribution in [0, 0.1) is 17.1 Å². The summed E-state index contributed by atoms with van der Waals surface area (Å²) in [5, 5.41) is 20.1. The van der Waals surface area contributed by atoms with Gasteiger partial charge in [-0.15, -0.1) is 10.2 Å². The molecule has 0 unspecified atom stereocenters. The van der Waals surface area contributed by atoms with E-state index in [2.05, 4.69) is 15.1 Å². The van der Waals surface area contributed by atoms with Crippen molar-refractivity contribution in [1.29, 1.82) is 5.26 Å². The van der Waals surface area contributed by atoms with Crippen LogP contribution in [0.5, 0.6) is 0 Å². The highest BCUT2D eigenvalue weighted by Crippen LogP contribution is 2.26. The number of nitriles is 1. The molecule has 0 saturated carbocycles. The third kappa shape index (κ3) is 4.08. The summed E-state index contributed by atoms with van der Waals surface area (Å²) in [5.41, 5.74) is 2.02. The minimum atomic E-state index is -0.353. The first kappa shape index (κ1) is 18.7. The average Bonchev–Trinajstić information content (AvgIpc) is 3.18. The van der Waals surface area contributed by atoms with E-state index in [-0.39, 0.29) is 5.82 Å². The SMILES string of the molecule is N#Cc1ccc(N2CCN(c3nnc(Cc4ccc(Cl)cc4)s3)CC2)c(F)c1. The Morgan fingerprint density at radius 2 is 1.75 bits per heavy atom. The third-order valence-electron chi connectivity index (χ3n) is 4.69.